The lowest BCUT2D eigenvalue weighted by atomic mass is 9.84. The average Bonchev–Trinajstić information content (AvgIpc) is 2.68. The van der Waals surface area contributed by atoms with Crippen LogP contribution in [0.2, 0.25) is 0 Å². The molecule has 0 unspecified atom stereocenters. The van der Waals surface area contributed by atoms with Crippen molar-refractivity contribution in [3.05, 3.63) is 108 Å². The summed E-state index contributed by atoms with van der Waals surface area (Å²) in [4.78, 5) is 12.3. The Balaban J connectivity index is 2.30. The highest BCUT2D eigenvalue weighted by Gasteiger charge is 2.39. The van der Waals surface area contributed by atoms with Gasteiger partial charge in [0.05, 0.1) is 7.11 Å². The summed E-state index contributed by atoms with van der Waals surface area (Å²) in [5.41, 5.74) is 3.12. The zero-order chi connectivity index (χ0) is 16.8. The first-order valence-electron chi connectivity index (χ1n) is 7.71. The molecule has 0 saturated heterocycles. The van der Waals surface area contributed by atoms with E-state index in [9.17, 15) is 4.79 Å². The number of rotatable bonds is 4. The molecule has 0 aliphatic heterocycles. The largest absolute Gasteiger partial charge is 0.461 e. The Morgan fingerprint density at radius 1 is 0.708 bits per heavy atom. The van der Waals surface area contributed by atoms with Gasteiger partial charge in [-0.15, -0.1) is 0 Å². The van der Waals surface area contributed by atoms with E-state index in [0.717, 1.165) is 16.7 Å². The molecule has 120 valence electrons. The van der Waals surface area contributed by atoms with Crippen LogP contribution in [-0.2, 0) is 9.48 Å². The van der Waals surface area contributed by atoms with Crippen molar-refractivity contribution < 1.29 is 9.53 Å². The number of methoxy groups -OCH3 is 1. The third-order valence-corrected chi connectivity index (χ3v) is 5.29. The Bertz CT molecular complexity index is 689. The molecule has 3 heteroatoms. The van der Waals surface area contributed by atoms with Gasteiger partial charge in [-0.25, -0.2) is 4.79 Å². The monoisotopic (exact) mass is 334 g/mol. The van der Waals surface area contributed by atoms with Crippen molar-refractivity contribution in [1.82, 2.24) is 0 Å². The lowest BCUT2D eigenvalue weighted by Gasteiger charge is -2.33. The normalized spacial score (nSPS) is 11.0. The van der Waals surface area contributed by atoms with Crippen molar-refractivity contribution in [2.24, 2.45) is 0 Å². The molecule has 0 fully saturated rings. The Morgan fingerprint density at radius 2 is 1.04 bits per heavy atom. The third kappa shape index (κ3) is 3.08. The maximum atomic E-state index is 12.3. The number of carbonyl (C=O) groups excluding carboxylic acids is 1. The highest BCUT2D eigenvalue weighted by molar-refractivity contribution is 8.14. The maximum Gasteiger partial charge on any atom is 0.368 e. The molecule has 0 N–H and O–H groups in total. The number of thioether (sulfide) groups is 1. The fraction of sp³-hybridized carbons (Fsp3) is 0.0952. The van der Waals surface area contributed by atoms with Crippen LogP contribution in [0.3, 0.4) is 0 Å². The van der Waals surface area contributed by atoms with E-state index in [4.69, 9.17) is 4.74 Å². The van der Waals surface area contributed by atoms with Gasteiger partial charge < -0.3 is 4.74 Å². The molecule has 24 heavy (non-hydrogen) atoms. The first-order chi connectivity index (χ1) is 11.8. The van der Waals surface area contributed by atoms with E-state index in [1.54, 1.807) is 0 Å². The van der Waals surface area contributed by atoms with Crippen LogP contribution in [0.15, 0.2) is 91.0 Å². The molecule has 0 amide bonds. The van der Waals surface area contributed by atoms with E-state index in [1.807, 2.05) is 54.6 Å². The fourth-order valence-electron chi connectivity index (χ4n) is 2.86. The molecule has 3 aromatic rings. The van der Waals surface area contributed by atoms with Crippen LogP contribution in [0.1, 0.15) is 16.7 Å². The second kappa shape index (κ2) is 7.37. The summed E-state index contributed by atoms with van der Waals surface area (Å²) in [6.07, 6.45) is 0. The van der Waals surface area contributed by atoms with Crippen LogP contribution in [0.4, 0.5) is 4.79 Å². The van der Waals surface area contributed by atoms with Crippen LogP contribution < -0.4 is 0 Å². The van der Waals surface area contributed by atoms with E-state index in [2.05, 4.69) is 36.4 Å². The summed E-state index contributed by atoms with van der Waals surface area (Å²) in [5.74, 6) is 0. The summed E-state index contributed by atoms with van der Waals surface area (Å²) >= 11 is 1.19. The summed E-state index contributed by atoms with van der Waals surface area (Å²) < 4.78 is 4.34. The quantitative estimate of drug-likeness (QED) is 0.467. The third-order valence-electron chi connectivity index (χ3n) is 3.94. The molecule has 0 saturated carbocycles. The molecule has 3 rings (SSSR count). The maximum absolute atomic E-state index is 12.3. The predicted octanol–water partition coefficient (Wildman–Crippen LogP) is 5.48. The van der Waals surface area contributed by atoms with Crippen LogP contribution in [0.25, 0.3) is 0 Å². The summed E-state index contributed by atoms with van der Waals surface area (Å²) in [6, 6.07) is 30.2. The van der Waals surface area contributed by atoms with Gasteiger partial charge in [0.25, 0.3) is 0 Å². The fourth-order valence-corrected chi connectivity index (χ4v) is 3.96. The number of carbonyl (C=O) groups is 1. The van der Waals surface area contributed by atoms with E-state index >= 15 is 0 Å². The van der Waals surface area contributed by atoms with Crippen molar-refractivity contribution in [3.8, 4) is 0 Å². The van der Waals surface area contributed by atoms with Crippen molar-refractivity contribution in [1.29, 1.82) is 0 Å². The first-order valence-corrected chi connectivity index (χ1v) is 8.52. The molecule has 0 aromatic heterocycles. The van der Waals surface area contributed by atoms with Crippen LogP contribution in [0.5, 0.6) is 0 Å². The number of hydrogen-bond donors (Lipinski definition) is 0. The van der Waals surface area contributed by atoms with Crippen LogP contribution in [-0.4, -0.2) is 12.4 Å². The van der Waals surface area contributed by atoms with Gasteiger partial charge in [-0.1, -0.05) is 91.0 Å². The van der Waals surface area contributed by atoms with E-state index in [0.29, 0.717) is 0 Å². The van der Waals surface area contributed by atoms with Gasteiger partial charge in [-0.2, -0.15) is 0 Å². The minimum absolute atomic E-state index is 0.313. The Labute approximate surface area is 146 Å². The van der Waals surface area contributed by atoms with Gasteiger partial charge in [0.15, 0.2) is 0 Å². The van der Waals surface area contributed by atoms with Crippen molar-refractivity contribution >= 4 is 17.1 Å². The molecule has 0 atom stereocenters. The Morgan fingerprint density at radius 3 is 1.33 bits per heavy atom. The molecular formula is C21H18O2S. The number of hydrogen-bond acceptors (Lipinski definition) is 3. The Hall–Kier alpha value is -2.52. The van der Waals surface area contributed by atoms with Gasteiger partial charge in [-0.05, 0) is 28.5 Å². The van der Waals surface area contributed by atoms with E-state index in [1.165, 1.54) is 18.9 Å². The topological polar surface area (TPSA) is 26.3 Å². The second-order valence-corrected chi connectivity index (χ2v) is 6.49. The molecule has 0 heterocycles. The molecule has 0 spiro atoms. The average molecular weight is 334 g/mol. The molecule has 2 nitrogen and oxygen atoms in total. The van der Waals surface area contributed by atoms with Gasteiger partial charge in [0, 0.05) is 0 Å². The summed E-state index contributed by atoms with van der Waals surface area (Å²) in [5, 5.41) is -0.313. The lowest BCUT2D eigenvalue weighted by Crippen LogP contribution is -2.27. The summed E-state index contributed by atoms with van der Waals surface area (Å²) in [6.45, 7) is 0. The molecule has 0 aliphatic rings. The molecule has 0 aliphatic carbocycles. The number of benzene rings is 3. The smallest absolute Gasteiger partial charge is 0.368 e. The van der Waals surface area contributed by atoms with Crippen molar-refractivity contribution in [2.45, 2.75) is 4.75 Å². The van der Waals surface area contributed by atoms with E-state index < -0.39 is 4.75 Å². The van der Waals surface area contributed by atoms with Crippen LogP contribution in [0, 0.1) is 0 Å². The molecule has 0 radical (unpaired) electrons. The van der Waals surface area contributed by atoms with Gasteiger partial charge in [0.1, 0.15) is 4.75 Å². The first kappa shape index (κ1) is 16.3. The highest BCUT2D eigenvalue weighted by atomic mass is 32.2. The van der Waals surface area contributed by atoms with Gasteiger partial charge in [0.2, 0.25) is 0 Å². The van der Waals surface area contributed by atoms with Gasteiger partial charge >= 0.3 is 5.30 Å². The minimum atomic E-state index is -0.656. The highest BCUT2D eigenvalue weighted by Crippen LogP contribution is 2.48. The van der Waals surface area contributed by atoms with Crippen molar-refractivity contribution in [3.63, 3.8) is 0 Å². The second-order valence-electron chi connectivity index (χ2n) is 5.34. The molecule has 0 bridgehead atoms. The standard InChI is InChI=1S/C21H18O2S/c1-23-20(22)24-21(17-11-5-2-6-12-17,18-13-7-3-8-14-18)19-15-9-4-10-16-19/h2-16H,1H3. The lowest BCUT2D eigenvalue weighted by molar-refractivity contribution is 0.200. The SMILES string of the molecule is COC(=O)SC(c1ccccc1)(c1ccccc1)c1ccccc1. The summed E-state index contributed by atoms with van der Waals surface area (Å²) in [7, 11) is 1.42. The number of ether oxygens (including phenoxy) is 1. The van der Waals surface area contributed by atoms with Crippen LogP contribution >= 0.6 is 11.8 Å². The molecule has 3 aromatic carbocycles. The molecular weight excluding hydrogens is 316 g/mol. The minimum Gasteiger partial charge on any atom is -0.461 e. The zero-order valence-electron chi connectivity index (χ0n) is 13.4. The van der Waals surface area contributed by atoms with Gasteiger partial charge in [-0.3, -0.25) is 0 Å². The van der Waals surface area contributed by atoms with E-state index in [-0.39, 0.29) is 5.30 Å². The Kier molecular flexibility index (Phi) is 5.02. The zero-order valence-corrected chi connectivity index (χ0v) is 14.2. The van der Waals surface area contributed by atoms with Crippen molar-refractivity contribution in [2.75, 3.05) is 7.11 Å². The predicted molar refractivity (Wildman–Crippen MR) is 99.2 cm³/mol.